The quantitative estimate of drug-likeness (QED) is 0.179. The normalized spacial score (nSPS) is 26.5. The zero-order chi connectivity index (χ0) is 27.4. The van der Waals surface area contributed by atoms with Crippen LogP contribution in [-0.4, -0.2) is 54.1 Å². The molecule has 11 heteroatoms. The van der Waals surface area contributed by atoms with Crippen molar-refractivity contribution >= 4 is 29.5 Å². The SMILES string of the molecule is CC[C@@H]1NC(=O)[C@H](CCCN=C(N)N)CC(=O)[C@](C)(N)CCCCNC(=O)[C@@H](c2ccccc2)NC1=O. The second kappa shape index (κ2) is 14.3. The molecule has 1 aliphatic heterocycles. The number of amides is 3. The number of Topliss-reactive ketones (excluding diaryl/α,β-unsaturated/α-hetero) is 1. The highest BCUT2D eigenvalue weighted by Crippen LogP contribution is 2.21. The molecule has 0 bridgehead atoms. The number of nitrogens with two attached hydrogens (primary N) is 3. The lowest BCUT2D eigenvalue weighted by atomic mass is 9.84. The van der Waals surface area contributed by atoms with Crippen molar-refractivity contribution in [2.75, 3.05) is 13.1 Å². The van der Waals surface area contributed by atoms with Gasteiger partial charge in [-0.15, -0.1) is 0 Å². The maximum Gasteiger partial charge on any atom is 0.247 e. The van der Waals surface area contributed by atoms with Crippen molar-refractivity contribution in [2.24, 2.45) is 28.1 Å². The fraction of sp³-hybridized carbons (Fsp3) is 0.577. The highest BCUT2D eigenvalue weighted by Gasteiger charge is 2.34. The first-order valence-corrected chi connectivity index (χ1v) is 12.9. The van der Waals surface area contributed by atoms with Crippen molar-refractivity contribution < 1.29 is 19.2 Å². The van der Waals surface area contributed by atoms with Gasteiger partial charge in [-0.2, -0.15) is 0 Å². The van der Waals surface area contributed by atoms with Crippen molar-refractivity contribution in [3.8, 4) is 0 Å². The van der Waals surface area contributed by atoms with Crippen LogP contribution in [0.25, 0.3) is 0 Å². The third-order valence-electron chi connectivity index (χ3n) is 6.59. The first kappa shape index (κ1) is 29.8. The number of carbonyl (C=O) groups excluding carboxylic acids is 4. The fourth-order valence-electron chi connectivity index (χ4n) is 4.23. The number of ketones is 1. The minimum absolute atomic E-state index is 0.0484. The minimum atomic E-state index is -1.12. The molecule has 0 saturated carbocycles. The first-order chi connectivity index (χ1) is 17.5. The second-order valence-electron chi connectivity index (χ2n) is 9.76. The van der Waals surface area contributed by atoms with Crippen LogP contribution in [0, 0.1) is 5.92 Å². The van der Waals surface area contributed by atoms with Crippen LogP contribution >= 0.6 is 0 Å². The fourth-order valence-corrected chi connectivity index (χ4v) is 4.23. The van der Waals surface area contributed by atoms with Gasteiger partial charge in [0.2, 0.25) is 17.7 Å². The van der Waals surface area contributed by atoms with Crippen LogP contribution in [0.1, 0.15) is 70.4 Å². The molecule has 0 spiro atoms. The number of rotatable bonds is 6. The monoisotopic (exact) mass is 515 g/mol. The van der Waals surface area contributed by atoms with Crippen LogP contribution in [0.3, 0.4) is 0 Å². The van der Waals surface area contributed by atoms with E-state index < -0.39 is 35.4 Å². The number of carbonyl (C=O) groups is 4. The summed E-state index contributed by atoms with van der Waals surface area (Å²) in [5, 5.41) is 8.42. The van der Waals surface area contributed by atoms with Crippen LogP contribution in [0.15, 0.2) is 35.3 Å². The summed E-state index contributed by atoms with van der Waals surface area (Å²) in [6, 6.07) is 7.13. The van der Waals surface area contributed by atoms with E-state index in [1.165, 1.54) is 0 Å². The van der Waals surface area contributed by atoms with Gasteiger partial charge < -0.3 is 33.2 Å². The number of guanidine groups is 1. The van der Waals surface area contributed by atoms with Crippen molar-refractivity contribution in [1.29, 1.82) is 0 Å². The van der Waals surface area contributed by atoms with Gasteiger partial charge >= 0.3 is 0 Å². The Balaban J connectivity index is 2.30. The smallest absolute Gasteiger partial charge is 0.247 e. The standard InChI is InChI=1S/C26H41N7O4/c1-3-19-23(36)33-21(17-10-5-4-6-11-17)24(37)30-14-8-7-13-26(2,29)20(34)16-18(22(35)32-19)12-9-15-31-25(27)28/h4-6,10-11,18-19,21H,3,7-9,12-16,29H2,1-2H3,(H,30,37)(H,32,35)(H,33,36)(H4,27,28,31)/t18-,19+,21-,26-/m1/s1. The summed E-state index contributed by atoms with van der Waals surface area (Å²) >= 11 is 0. The molecule has 0 radical (unpaired) electrons. The van der Waals surface area contributed by atoms with Gasteiger partial charge in [0.1, 0.15) is 12.1 Å². The van der Waals surface area contributed by atoms with E-state index in [9.17, 15) is 19.2 Å². The summed E-state index contributed by atoms with van der Waals surface area (Å²) in [5.41, 5.74) is 16.6. The minimum Gasteiger partial charge on any atom is -0.370 e. The maximum absolute atomic E-state index is 13.3. The van der Waals surface area contributed by atoms with Gasteiger partial charge in [0.25, 0.3) is 0 Å². The number of nitrogens with zero attached hydrogens (tertiary/aromatic N) is 1. The Kier molecular flexibility index (Phi) is 11.5. The molecule has 9 N–H and O–H groups in total. The Morgan fingerprint density at radius 3 is 2.38 bits per heavy atom. The molecule has 0 aromatic heterocycles. The Morgan fingerprint density at radius 2 is 1.73 bits per heavy atom. The highest BCUT2D eigenvalue weighted by atomic mass is 16.2. The molecule has 1 saturated heterocycles. The van der Waals surface area contributed by atoms with Crippen LogP contribution < -0.4 is 33.2 Å². The van der Waals surface area contributed by atoms with E-state index in [2.05, 4.69) is 20.9 Å². The Hall–Kier alpha value is -3.47. The van der Waals surface area contributed by atoms with Gasteiger partial charge in [-0.1, -0.05) is 37.3 Å². The van der Waals surface area contributed by atoms with E-state index in [4.69, 9.17) is 17.2 Å². The molecular formula is C26H41N7O4. The summed E-state index contributed by atoms with van der Waals surface area (Å²) < 4.78 is 0. The second-order valence-corrected chi connectivity index (χ2v) is 9.76. The van der Waals surface area contributed by atoms with Gasteiger partial charge in [-0.05, 0) is 51.0 Å². The number of hydrogen-bond acceptors (Lipinski definition) is 6. The molecule has 37 heavy (non-hydrogen) atoms. The van der Waals surface area contributed by atoms with Gasteiger partial charge in [0, 0.05) is 25.4 Å². The molecule has 204 valence electrons. The van der Waals surface area contributed by atoms with E-state index in [0.29, 0.717) is 57.2 Å². The Bertz CT molecular complexity index is 961. The lowest BCUT2D eigenvalue weighted by molar-refractivity contribution is -0.135. The average Bonchev–Trinajstić information content (AvgIpc) is 2.86. The van der Waals surface area contributed by atoms with Gasteiger partial charge in [0.05, 0.1) is 5.54 Å². The number of nitrogens with one attached hydrogen (secondary N) is 3. The van der Waals surface area contributed by atoms with Crippen molar-refractivity contribution in [3.05, 3.63) is 35.9 Å². The average molecular weight is 516 g/mol. The number of benzene rings is 1. The number of aliphatic imine (C=N–C) groups is 1. The maximum atomic E-state index is 13.3. The Morgan fingerprint density at radius 1 is 1.03 bits per heavy atom. The summed E-state index contributed by atoms with van der Waals surface area (Å²) in [6.07, 6.45) is 2.70. The van der Waals surface area contributed by atoms with Crippen LogP contribution in [0.4, 0.5) is 0 Å². The molecule has 0 unspecified atom stereocenters. The summed E-state index contributed by atoms with van der Waals surface area (Å²) in [4.78, 5) is 56.5. The van der Waals surface area contributed by atoms with Gasteiger partial charge in [0.15, 0.2) is 11.7 Å². The van der Waals surface area contributed by atoms with E-state index in [1.807, 2.05) is 6.07 Å². The lowest BCUT2D eigenvalue weighted by Gasteiger charge is -2.28. The molecule has 1 aromatic rings. The van der Waals surface area contributed by atoms with Gasteiger partial charge in [-0.3, -0.25) is 24.2 Å². The molecule has 1 aliphatic rings. The van der Waals surface area contributed by atoms with Crippen LogP contribution in [0.5, 0.6) is 0 Å². The predicted molar refractivity (Wildman–Crippen MR) is 142 cm³/mol. The molecular weight excluding hydrogens is 474 g/mol. The van der Waals surface area contributed by atoms with E-state index in [1.54, 1.807) is 38.1 Å². The Labute approximate surface area is 218 Å². The summed E-state index contributed by atoms with van der Waals surface area (Å²) in [5.74, 6) is -2.24. The third kappa shape index (κ3) is 9.49. The van der Waals surface area contributed by atoms with Gasteiger partial charge in [-0.25, -0.2) is 0 Å². The molecule has 2 rings (SSSR count). The van der Waals surface area contributed by atoms with E-state index in [0.717, 1.165) is 0 Å². The molecule has 11 nitrogen and oxygen atoms in total. The zero-order valence-electron chi connectivity index (χ0n) is 21.8. The van der Waals surface area contributed by atoms with Crippen molar-refractivity contribution in [3.63, 3.8) is 0 Å². The van der Waals surface area contributed by atoms with Crippen LogP contribution in [-0.2, 0) is 19.2 Å². The van der Waals surface area contributed by atoms with E-state index in [-0.39, 0.29) is 24.1 Å². The zero-order valence-corrected chi connectivity index (χ0v) is 21.8. The molecule has 1 aromatic carbocycles. The van der Waals surface area contributed by atoms with E-state index >= 15 is 0 Å². The largest absolute Gasteiger partial charge is 0.370 e. The summed E-state index contributed by atoms with van der Waals surface area (Å²) in [7, 11) is 0. The van der Waals surface area contributed by atoms with Crippen molar-refractivity contribution in [2.45, 2.75) is 76.4 Å². The van der Waals surface area contributed by atoms with Crippen molar-refractivity contribution in [1.82, 2.24) is 16.0 Å². The van der Waals surface area contributed by atoms with Crippen LogP contribution in [0.2, 0.25) is 0 Å². The molecule has 3 amide bonds. The first-order valence-electron chi connectivity index (χ1n) is 12.9. The number of hydrogen-bond donors (Lipinski definition) is 6. The molecule has 1 fully saturated rings. The lowest BCUT2D eigenvalue weighted by Crippen LogP contribution is -2.52. The molecule has 0 aliphatic carbocycles. The molecule has 1 heterocycles. The summed E-state index contributed by atoms with van der Waals surface area (Å²) in [6.45, 7) is 4.12. The highest BCUT2D eigenvalue weighted by molar-refractivity contribution is 5.95. The topological polar surface area (TPSA) is 195 Å². The predicted octanol–water partition coefficient (Wildman–Crippen LogP) is 0.385. The molecule has 4 atom stereocenters. The third-order valence-corrected chi connectivity index (χ3v) is 6.59.